The van der Waals surface area contributed by atoms with Gasteiger partial charge in [0.25, 0.3) is 11.8 Å². The van der Waals surface area contributed by atoms with E-state index in [0.717, 1.165) is 54.0 Å². The molecule has 0 unspecified atom stereocenters. The van der Waals surface area contributed by atoms with Gasteiger partial charge in [-0.2, -0.15) is 5.10 Å². The van der Waals surface area contributed by atoms with E-state index in [0.29, 0.717) is 24.3 Å². The van der Waals surface area contributed by atoms with Crippen molar-refractivity contribution >= 4 is 23.2 Å². The van der Waals surface area contributed by atoms with Crippen LogP contribution in [-0.2, 0) is 12.8 Å². The summed E-state index contributed by atoms with van der Waals surface area (Å²) in [5.41, 5.74) is 7.64. The molecule has 5 rings (SSSR count). The predicted octanol–water partition coefficient (Wildman–Crippen LogP) is 4.05. The summed E-state index contributed by atoms with van der Waals surface area (Å²) in [5.74, 6) is 0.708. The van der Waals surface area contributed by atoms with Crippen molar-refractivity contribution in [3.63, 3.8) is 0 Å². The number of benzene rings is 1. The third-order valence-electron chi connectivity index (χ3n) is 6.11. The van der Waals surface area contributed by atoms with Crippen LogP contribution in [0, 0.1) is 6.92 Å². The Balaban J connectivity index is 1.44. The van der Waals surface area contributed by atoms with E-state index in [9.17, 15) is 9.59 Å². The van der Waals surface area contributed by atoms with Crippen molar-refractivity contribution in [1.29, 1.82) is 0 Å². The normalized spacial score (nSPS) is 16.4. The van der Waals surface area contributed by atoms with Gasteiger partial charge in [0, 0.05) is 47.7 Å². The lowest BCUT2D eigenvalue weighted by Crippen LogP contribution is -2.35. The van der Waals surface area contributed by atoms with E-state index in [2.05, 4.69) is 21.6 Å². The summed E-state index contributed by atoms with van der Waals surface area (Å²) in [4.78, 5) is 31.6. The molecule has 1 aromatic carbocycles. The third-order valence-corrected chi connectivity index (χ3v) is 6.11. The number of para-hydroxylation sites is 1. The molecule has 7 heteroatoms. The van der Waals surface area contributed by atoms with E-state index in [4.69, 9.17) is 4.42 Å². The topological polar surface area (TPSA) is 87.8 Å². The molecule has 162 valence electrons. The summed E-state index contributed by atoms with van der Waals surface area (Å²) in [7, 11) is 0. The van der Waals surface area contributed by atoms with Crippen LogP contribution in [0.15, 0.2) is 58.3 Å². The number of hydrazone groups is 1. The summed E-state index contributed by atoms with van der Waals surface area (Å²) in [5, 5.41) is 4.39. The van der Waals surface area contributed by atoms with Gasteiger partial charge in [-0.1, -0.05) is 18.2 Å². The molecule has 1 aliphatic heterocycles. The second kappa shape index (κ2) is 8.42. The maximum Gasteiger partial charge on any atom is 0.294 e. The number of aryl methyl sites for hydroxylation is 2. The second-order valence-corrected chi connectivity index (χ2v) is 8.13. The number of fused-ring (bicyclic) bond motifs is 2. The summed E-state index contributed by atoms with van der Waals surface area (Å²) in [6.45, 7) is 2.57. The smallest absolute Gasteiger partial charge is 0.294 e. The maximum atomic E-state index is 13.5. The minimum Gasteiger partial charge on any atom is -0.455 e. The zero-order valence-electron chi connectivity index (χ0n) is 17.9. The second-order valence-electron chi connectivity index (χ2n) is 8.13. The van der Waals surface area contributed by atoms with Crippen molar-refractivity contribution in [1.82, 2.24) is 10.4 Å². The van der Waals surface area contributed by atoms with Crippen LogP contribution in [-0.4, -0.2) is 29.1 Å². The number of nitrogens with one attached hydrogen (secondary N) is 1. The van der Waals surface area contributed by atoms with Crippen LogP contribution >= 0.6 is 0 Å². The molecule has 3 aromatic rings. The zero-order valence-corrected chi connectivity index (χ0v) is 17.9. The number of hydrogen-bond donors (Lipinski definition) is 1. The Morgan fingerprint density at radius 3 is 2.72 bits per heavy atom. The van der Waals surface area contributed by atoms with Crippen molar-refractivity contribution in [3.8, 4) is 0 Å². The van der Waals surface area contributed by atoms with Gasteiger partial charge in [0.15, 0.2) is 5.76 Å². The largest absolute Gasteiger partial charge is 0.455 e. The number of carbonyl (C=O) groups excluding carboxylic acids is 2. The first-order valence-electron chi connectivity index (χ1n) is 10.9. The van der Waals surface area contributed by atoms with Gasteiger partial charge < -0.3 is 9.32 Å². The number of hydrogen-bond acceptors (Lipinski definition) is 5. The minimum atomic E-state index is -0.297. The predicted molar refractivity (Wildman–Crippen MR) is 121 cm³/mol. The first kappa shape index (κ1) is 20.2. The van der Waals surface area contributed by atoms with Gasteiger partial charge in [0.05, 0.1) is 5.71 Å². The molecule has 2 aromatic heterocycles. The van der Waals surface area contributed by atoms with E-state index in [-0.39, 0.29) is 11.8 Å². The fourth-order valence-corrected chi connectivity index (χ4v) is 4.54. The van der Waals surface area contributed by atoms with Gasteiger partial charge in [0.1, 0.15) is 5.76 Å². The highest BCUT2D eigenvalue weighted by Gasteiger charge is 2.32. The van der Waals surface area contributed by atoms with Gasteiger partial charge in [-0.3, -0.25) is 14.6 Å². The quantitative estimate of drug-likeness (QED) is 0.638. The van der Waals surface area contributed by atoms with Crippen LogP contribution in [0.1, 0.15) is 62.6 Å². The van der Waals surface area contributed by atoms with Crippen molar-refractivity contribution in [3.05, 3.63) is 82.6 Å². The van der Waals surface area contributed by atoms with Gasteiger partial charge in [-0.25, -0.2) is 5.43 Å². The Kier molecular flexibility index (Phi) is 5.31. The molecule has 1 N–H and O–H groups in total. The van der Waals surface area contributed by atoms with Crippen molar-refractivity contribution in [2.75, 3.05) is 11.4 Å². The first-order valence-corrected chi connectivity index (χ1v) is 10.9. The van der Waals surface area contributed by atoms with Crippen LogP contribution in [0.2, 0.25) is 0 Å². The highest BCUT2D eigenvalue weighted by atomic mass is 16.4. The van der Waals surface area contributed by atoms with Gasteiger partial charge >= 0.3 is 0 Å². The lowest BCUT2D eigenvalue weighted by Gasteiger charge is -2.28. The van der Waals surface area contributed by atoms with Crippen LogP contribution in [0.25, 0.3) is 0 Å². The highest BCUT2D eigenvalue weighted by molar-refractivity contribution is 6.10. The van der Waals surface area contributed by atoms with E-state index >= 15 is 0 Å². The summed E-state index contributed by atoms with van der Waals surface area (Å²) in [6, 6.07) is 11.3. The van der Waals surface area contributed by atoms with E-state index in [1.807, 2.05) is 30.0 Å². The Morgan fingerprint density at radius 2 is 1.88 bits per heavy atom. The lowest BCUT2D eigenvalue weighted by atomic mass is 9.93. The third kappa shape index (κ3) is 3.60. The molecule has 3 heterocycles. The molecule has 0 radical (unpaired) electrons. The van der Waals surface area contributed by atoms with Crippen LogP contribution in [0.4, 0.5) is 5.69 Å². The lowest BCUT2D eigenvalue weighted by molar-refractivity contribution is 0.0948. The monoisotopic (exact) mass is 428 g/mol. The molecule has 0 fully saturated rings. The van der Waals surface area contributed by atoms with Crippen molar-refractivity contribution in [2.45, 2.75) is 39.0 Å². The first-order chi connectivity index (χ1) is 15.6. The van der Waals surface area contributed by atoms with Crippen molar-refractivity contribution in [2.24, 2.45) is 5.10 Å². The molecule has 0 bridgehead atoms. The molecule has 0 spiro atoms. The summed E-state index contributed by atoms with van der Waals surface area (Å²) >= 11 is 0. The van der Waals surface area contributed by atoms with Crippen molar-refractivity contribution < 1.29 is 14.0 Å². The van der Waals surface area contributed by atoms with Gasteiger partial charge in [-0.15, -0.1) is 0 Å². The molecule has 2 aliphatic rings. The van der Waals surface area contributed by atoms with Crippen LogP contribution in [0.3, 0.4) is 0 Å². The van der Waals surface area contributed by atoms with Gasteiger partial charge in [0.2, 0.25) is 0 Å². The van der Waals surface area contributed by atoms with E-state index in [1.54, 1.807) is 24.5 Å². The summed E-state index contributed by atoms with van der Waals surface area (Å²) < 4.78 is 6.10. The number of anilines is 1. The van der Waals surface area contributed by atoms with E-state index in [1.165, 1.54) is 5.56 Å². The molecule has 32 heavy (non-hydrogen) atoms. The molecule has 1 aliphatic carbocycles. The Labute approximate surface area is 186 Å². The molecule has 0 saturated heterocycles. The highest BCUT2D eigenvalue weighted by Crippen LogP contribution is 2.33. The zero-order chi connectivity index (χ0) is 22.1. The number of furan rings is 1. The standard InChI is InChI=1S/C25H24N4O3/c1-16-22-19(27-28-24(30)18-11-13-26-14-12-18)8-4-10-21(22)32-23(16)25(31)29-15-5-7-17-6-2-3-9-20(17)29/h2-3,6,9,11-14H,4-5,7-8,10,15H2,1H3,(H,28,30)/b27-19+. The number of pyridine rings is 1. The number of rotatable bonds is 3. The average Bonchev–Trinajstić information content (AvgIpc) is 3.19. The molecular weight excluding hydrogens is 404 g/mol. The summed E-state index contributed by atoms with van der Waals surface area (Å²) in [6.07, 6.45) is 7.35. The number of nitrogens with zero attached hydrogens (tertiary/aromatic N) is 3. The molecule has 0 atom stereocenters. The fourth-order valence-electron chi connectivity index (χ4n) is 4.54. The Bertz CT molecular complexity index is 1210. The minimum absolute atomic E-state index is 0.121. The SMILES string of the molecule is Cc1c(C(=O)N2CCCc3ccccc32)oc2c1/C(=N/NC(=O)c1ccncc1)CCC2. The fraction of sp³-hybridized carbons (Fsp3) is 0.280. The Morgan fingerprint density at radius 1 is 1.06 bits per heavy atom. The Hall–Kier alpha value is -3.74. The van der Waals surface area contributed by atoms with E-state index < -0.39 is 0 Å². The number of aromatic nitrogens is 1. The molecule has 2 amide bonds. The number of carbonyl (C=O) groups is 2. The maximum absolute atomic E-state index is 13.5. The van der Waals surface area contributed by atoms with Gasteiger partial charge in [-0.05, 0) is 56.4 Å². The molecule has 0 saturated carbocycles. The van der Waals surface area contributed by atoms with Crippen LogP contribution < -0.4 is 10.3 Å². The molecule has 7 nitrogen and oxygen atoms in total. The molecular formula is C25H24N4O3. The van der Waals surface area contributed by atoms with Crippen LogP contribution in [0.5, 0.6) is 0 Å². The average molecular weight is 428 g/mol. The number of amides is 2.